The molecular formula is C57H39BN2Si. The molecule has 4 heteroatoms. The molecule has 3 aliphatic heterocycles. The second-order valence-corrected chi connectivity index (χ2v) is 20.4. The van der Waals surface area contributed by atoms with E-state index in [9.17, 15) is 0 Å². The van der Waals surface area contributed by atoms with Gasteiger partial charge in [0.25, 0.3) is 0 Å². The molecule has 0 N–H and O–H groups in total. The molecule has 1 aromatic heterocycles. The molecule has 13 rings (SSSR count). The van der Waals surface area contributed by atoms with Crippen LogP contribution in [0.1, 0.15) is 16.7 Å². The lowest BCUT2D eigenvalue weighted by atomic mass is 9.46. The molecule has 3 aliphatic rings. The van der Waals surface area contributed by atoms with Crippen LogP contribution in [0, 0.1) is 6.92 Å². The van der Waals surface area contributed by atoms with Gasteiger partial charge in [0.05, 0.1) is 0 Å². The molecule has 0 spiro atoms. The zero-order chi connectivity index (χ0) is 40.2. The summed E-state index contributed by atoms with van der Waals surface area (Å²) in [4.78, 5) is 2.42. The molecule has 0 unspecified atom stereocenters. The predicted molar refractivity (Wildman–Crippen MR) is 263 cm³/mol. The second-order valence-electron chi connectivity index (χ2n) is 16.8. The minimum absolute atomic E-state index is 0.0574. The number of rotatable bonds is 5. The normalized spacial score (nSPS) is 13.7. The number of aryl methyl sites for hydroxylation is 1. The number of para-hydroxylation sites is 4. The molecule has 61 heavy (non-hydrogen) atoms. The van der Waals surface area contributed by atoms with Gasteiger partial charge < -0.3 is 9.38 Å². The number of aromatic nitrogens is 1. The fourth-order valence-corrected chi connectivity index (χ4v) is 17.2. The maximum Gasteiger partial charge on any atom is 0.330 e. The highest BCUT2D eigenvalue weighted by Gasteiger charge is 2.51. The summed E-state index contributed by atoms with van der Waals surface area (Å²) in [6.45, 7) is 2.26. The molecular weight excluding hydrogens is 752 g/mol. The molecule has 4 heterocycles. The van der Waals surface area contributed by atoms with E-state index in [1.54, 1.807) is 0 Å². The fraction of sp³-hybridized carbons (Fsp3) is 0.0175. The van der Waals surface area contributed by atoms with Gasteiger partial charge in [0, 0.05) is 44.4 Å². The van der Waals surface area contributed by atoms with Crippen molar-refractivity contribution in [2.75, 3.05) is 4.90 Å². The second kappa shape index (κ2) is 13.0. The molecule has 10 aromatic rings. The van der Waals surface area contributed by atoms with Crippen LogP contribution in [-0.2, 0) is 0 Å². The molecule has 0 saturated carbocycles. The average Bonchev–Trinajstić information content (AvgIpc) is 3.74. The third kappa shape index (κ3) is 4.68. The van der Waals surface area contributed by atoms with Gasteiger partial charge in [0.15, 0.2) is 8.07 Å². The minimum Gasteiger partial charge on any atom is -0.375 e. The van der Waals surface area contributed by atoms with Crippen molar-refractivity contribution < 1.29 is 0 Å². The Morgan fingerprint density at radius 1 is 0.443 bits per heavy atom. The highest BCUT2D eigenvalue weighted by molar-refractivity contribution is 7.22. The summed E-state index contributed by atoms with van der Waals surface area (Å²) >= 11 is 0. The quantitative estimate of drug-likeness (QED) is 0.158. The maximum atomic E-state index is 2.69. The highest BCUT2D eigenvalue weighted by atomic mass is 28.3. The number of hydrogen-bond donors (Lipinski definition) is 0. The number of benzene rings is 9. The van der Waals surface area contributed by atoms with Crippen molar-refractivity contribution in [1.29, 1.82) is 0 Å². The van der Waals surface area contributed by atoms with E-state index in [1.165, 1.54) is 92.4 Å². The van der Waals surface area contributed by atoms with Crippen LogP contribution in [-0.4, -0.2) is 19.4 Å². The van der Waals surface area contributed by atoms with E-state index in [0.717, 1.165) is 17.1 Å². The monoisotopic (exact) mass is 790 g/mol. The largest absolute Gasteiger partial charge is 0.375 e. The molecule has 0 atom stereocenters. The highest BCUT2D eigenvalue weighted by Crippen LogP contribution is 2.44. The van der Waals surface area contributed by atoms with Gasteiger partial charge in [-0.05, 0) is 109 Å². The fourth-order valence-electron chi connectivity index (χ4n) is 11.5. The van der Waals surface area contributed by atoms with E-state index in [1.807, 2.05) is 0 Å². The Labute approximate surface area is 357 Å². The van der Waals surface area contributed by atoms with E-state index >= 15 is 0 Å². The SMILES string of the molecule is Cc1ccccc1[Si]1(c2cccc3c2C=Cc2cc(N(c4ccccc4)c4ccccc4)cc4c2B3n2c3ccccc3c3cccc-4c32)c2ccccc2-c2ccccc21. The Morgan fingerprint density at radius 3 is 1.74 bits per heavy atom. The topological polar surface area (TPSA) is 8.17 Å². The Morgan fingerprint density at radius 2 is 1.02 bits per heavy atom. The average molecular weight is 791 g/mol. The first kappa shape index (κ1) is 34.5. The van der Waals surface area contributed by atoms with Crippen LogP contribution in [0.5, 0.6) is 0 Å². The summed E-state index contributed by atoms with van der Waals surface area (Å²) < 4.78 is 2.69. The van der Waals surface area contributed by atoms with Gasteiger partial charge >= 0.3 is 6.85 Å². The molecule has 0 fully saturated rings. The predicted octanol–water partition coefficient (Wildman–Crippen LogP) is 10.0. The van der Waals surface area contributed by atoms with Gasteiger partial charge in [-0.1, -0.05) is 182 Å². The maximum absolute atomic E-state index is 2.87. The first-order valence-corrected chi connectivity index (χ1v) is 23.4. The van der Waals surface area contributed by atoms with Gasteiger partial charge in [0.2, 0.25) is 0 Å². The smallest absolute Gasteiger partial charge is 0.330 e. The Kier molecular flexibility index (Phi) is 7.37. The van der Waals surface area contributed by atoms with E-state index in [2.05, 4.69) is 235 Å². The van der Waals surface area contributed by atoms with Gasteiger partial charge in [0.1, 0.15) is 0 Å². The number of fused-ring (bicyclic) bond motifs is 10. The minimum atomic E-state index is -2.87. The van der Waals surface area contributed by atoms with E-state index < -0.39 is 8.07 Å². The van der Waals surface area contributed by atoms with Crippen LogP contribution in [0.2, 0.25) is 0 Å². The van der Waals surface area contributed by atoms with Crippen molar-refractivity contribution in [3.05, 3.63) is 223 Å². The van der Waals surface area contributed by atoms with Crippen LogP contribution in [0.15, 0.2) is 206 Å². The van der Waals surface area contributed by atoms with Crippen LogP contribution in [0.3, 0.4) is 0 Å². The number of hydrogen-bond acceptors (Lipinski definition) is 1. The summed E-state index contributed by atoms with van der Waals surface area (Å²) in [5, 5.41) is 8.45. The van der Waals surface area contributed by atoms with E-state index in [0.29, 0.717) is 0 Å². The lowest BCUT2D eigenvalue weighted by molar-refractivity contribution is 1.28. The molecule has 0 bridgehead atoms. The molecule has 0 radical (unpaired) electrons. The van der Waals surface area contributed by atoms with Crippen LogP contribution in [0.25, 0.3) is 56.2 Å². The number of anilines is 3. The van der Waals surface area contributed by atoms with Crippen molar-refractivity contribution >= 4 is 97.6 Å². The van der Waals surface area contributed by atoms with Crippen LogP contribution in [0.4, 0.5) is 17.1 Å². The van der Waals surface area contributed by atoms with E-state index in [4.69, 9.17) is 0 Å². The first-order valence-electron chi connectivity index (χ1n) is 21.4. The molecule has 0 aliphatic carbocycles. The van der Waals surface area contributed by atoms with Gasteiger partial charge in [-0.25, -0.2) is 0 Å². The third-order valence-corrected chi connectivity index (χ3v) is 18.9. The summed E-state index contributed by atoms with van der Waals surface area (Å²) in [7, 11) is -2.87. The summed E-state index contributed by atoms with van der Waals surface area (Å²) in [5.74, 6) is 0. The third-order valence-electron chi connectivity index (χ3n) is 13.8. The standard InChI is InChI=1S/C57H39BN2Si/c1-38-18-8-13-30-52(38)61(53-31-14-10-24-44(53)45-25-11-15-32-54(45)61)55-33-17-28-50-48(55)35-34-39-36-42(59(40-19-4-2-5-20-40)41-21-6-3-7-22-41)37-49-47-27-16-26-46-43-23-9-12-29-51(43)60(57(46)47)58(50)56(39)49/h2-37H,1H3. The lowest BCUT2D eigenvalue weighted by Crippen LogP contribution is -2.74. The molecule has 284 valence electrons. The Hall–Kier alpha value is -7.40. The number of nitrogens with zero attached hydrogens (tertiary/aromatic N) is 2. The summed E-state index contributed by atoms with van der Waals surface area (Å²) in [6, 6.07) is 77.6. The zero-order valence-corrected chi connectivity index (χ0v) is 34.8. The van der Waals surface area contributed by atoms with Crippen LogP contribution < -0.4 is 36.6 Å². The molecule has 0 saturated heterocycles. The van der Waals surface area contributed by atoms with Gasteiger partial charge in [-0.15, -0.1) is 0 Å². The zero-order valence-electron chi connectivity index (χ0n) is 33.8. The Bertz CT molecular complexity index is 3370. The molecule has 2 nitrogen and oxygen atoms in total. The molecule has 0 amide bonds. The van der Waals surface area contributed by atoms with Crippen molar-refractivity contribution in [2.24, 2.45) is 0 Å². The molecule has 9 aromatic carbocycles. The van der Waals surface area contributed by atoms with Gasteiger partial charge in [-0.2, -0.15) is 0 Å². The van der Waals surface area contributed by atoms with Gasteiger partial charge in [-0.3, -0.25) is 0 Å². The Balaban J connectivity index is 1.17. The summed E-state index contributed by atoms with van der Waals surface area (Å²) in [6.07, 6.45) is 4.93. The van der Waals surface area contributed by atoms with E-state index in [-0.39, 0.29) is 6.85 Å². The van der Waals surface area contributed by atoms with Crippen molar-refractivity contribution in [3.8, 4) is 22.3 Å². The van der Waals surface area contributed by atoms with Crippen LogP contribution >= 0.6 is 0 Å². The lowest BCUT2D eigenvalue weighted by Gasteiger charge is -2.35. The first-order chi connectivity index (χ1) is 30.2. The van der Waals surface area contributed by atoms with Crippen molar-refractivity contribution in [2.45, 2.75) is 6.92 Å². The summed E-state index contributed by atoms with van der Waals surface area (Å²) in [5.41, 5.74) is 17.9. The van der Waals surface area contributed by atoms with Crippen molar-refractivity contribution in [1.82, 2.24) is 4.48 Å². The van der Waals surface area contributed by atoms with Crippen molar-refractivity contribution in [3.63, 3.8) is 0 Å².